The molecular formula is C14H10BrClFNO3. The van der Waals surface area contributed by atoms with E-state index in [0.29, 0.717) is 10.0 Å². The molecule has 0 aromatic heterocycles. The molecule has 0 aliphatic carbocycles. The molecule has 0 heterocycles. The molecule has 0 radical (unpaired) electrons. The van der Waals surface area contributed by atoms with Gasteiger partial charge in [-0.25, -0.2) is 9.18 Å². The molecule has 0 unspecified atom stereocenters. The highest BCUT2D eigenvalue weighted by atomic mass is 79.9. The number of carbonyl (C=O) groups excluding carboxylic acids is 1. The lowest BCUT2D eigenvalue weighted by atomic mass is 10.2. The fourth-order valence-electron chi connectivity index (χ4n) is 1.59. The fourth-order valence-corrected chi connectivity index (χ4v) is 2.31. The maximum absolute atomic E-state index is 13.5. The molecule has 0 saturated carbocycles. The number of nitrogens with two attached hydrogens (primary N) is 1. The second-order valence-corrected chi connectivity index (χ2v) is 5.30. The van der Waals surface area contributed by atoms with Crippen LogP contribution < -0.4 is 10.5 Å². The van der Waals surface area contributed by atoms with E-state index >= 15 is 0 Å². The first-order valence-electron chi connectivity index (χ1n) is 5.72. The molecule has 2 aromatic carbocycles. The molecule has 110 valence electrons. The summed E-state index contributed by atoms with van der Waals surface area (Å²) in [5.41, 5.74) is 6.33. The summed E-state index contributed by atoms with van der Waals surface area (Å²) in [4.78, 5) is 11.4. The second kappa shape index (κ2) is 6.32. The Labute approximate surface area is 133 Å². The quantitative estimate of drug-likeness (QED) is 0.491. The van der Waals surface area contributed by atoms with E-state index in [-0.39, 0.29) is 22.2 Å². The minimum Gasteiger partial charge on any atom is -0.465 e. The van der Waals surface area contributed by atoms with Gasteiger partial charge in [-0.15, -0.1) is 0 Å². The highest BCUT2D eigenvalue weighted by Crippen LogP contribution is 2.36. The Morgan fingerprint density at radius 2 is 2.00 bits per heavy atom. The zero-order valence-corrected chi connectivity index (χ0v) is 13.2. The molecule has 0 spiro atoms. The lowest BCUT2D eigenvalue weighted by Gasteiger charge is -2.11. The second-order valence-electron chi connectivity index (χ2n) is 4.04. The van der Waals surface area contributed by atoms with Crippen LogP contribution in [0.3, 0.4) is 0 Å². The maximum atomic E-state index is 13.5. The summed E-state index contributed by atoms with van der Waals surface area (Å²) < 4.78 is 24.0. The van der Waals surface area contributed by atoms with Crippen molar-refractivity contribution in [1.29, 1.82) is 0 Å². The minimum atomic E-state index is -0.611. The lowest BCUT2D eigenvalue weighted by molar-refractivity contribution is 0.0601. The number of methoxy groups -OCH3 is 1. The summed E-state index contributed by atoms with van der Waals surface area (Å²) in [6.07, 6.45) is 0. The first-order valence-corrected chi connectivity index (χ1v) is 6.89. The van der Waals surface area contributed by atoms with Gasteiger partial charge < -0.3 is 15.2 Å². The Hall–Kier alpha value is -1.79. The predicted octanol–water partition coefficient (Wildman–Crippen LogP) is 4.40. The van der Waals surface area contributed by atoms with Crippen LogP contribution in [0.1, 0.15) is 10.4 Å². The topological polar surface area (TPSA) is 61.5 Å². The van der Waals surface area contributed by atoms with E-state index in [1.54, 1.807) is 0 Å². The number of hydrogen-bond acceptors (Lipinski definition) is 4. The standard InChI is InChI=1S/C14H10BrClFNO3/c1-20-14(19)7-2-3-12(11(18)4-7)21-13-6-10(17)9(16)5-8(13)15/h2-6H,18H2,1H3. The molecule has 7 heteroatoms. The van der Waals surface area contributed by atoms with Crippen molar-refractivity contribution in [2.24, 2.45) is 0 Å². The average Bonchev–Trinajstić information content (AvgIpc) is 2.45. The molecule has 2 rings (SSSR count). The molecule has 0 saturated heterocycles. The fraction of sp³-hybridized carbons (Fsp3) is 0.0714. The van der Waals surface area contributed by atoms with Gasteiger partial charge >= 0.3 is 5.97 Å². The molecule has 21 heavy (non-hydrogen) atoms. The summed E-state index contributed by atoms with van der Waals surface area (Å²) in [6, 6.07) is 6.94. The number of esters is 1. The summed E-state index contributed by atoms with van der Waals surface area (Å²) in [5.74, 6) is -0.619. The van der Waals surface area contributed by atoms with E-state index in [0.717, 1.165) is 6.07 Å². The van der Waals surface area contributed by atoms with Crippen molar-refractivity contribution >= 4 is 39.2 Å². The highest BCUT2D eigenvalue weighted by Gasteiger charge is 2.12. The van der Waals surface area contributed by atoms with Crippen LogP contribution in [-0.2, 0) is 4.74 Å². The Bertz CT molecular complexity index is 709. The molecule has 0 atom stereocenters. The lowest BCUT2D eigenvalue weighted by Crippen LogP contribution is -2.03. The molecule has 2 N–H and O–H groups in total. The smallest absolute Gasteiger partial charge is 0.337 e. The van der Waals surface area contributed by atoms with E-state index in [4.69, 9.17) is 22.1 Å². The third kappa shape index (κ3) is 3.46. The van der Waals surface area contributed by atoms with Crippen LogP contribution >= 0.6 is 27.5 Å². The number of halogens is 3. The van der Waals surface area contributed by atoms with Crippen LogP contribution in [0, 0.1) is 5.82 Å². The summed E-state index contributed by atoms with van der Waals surface area (Å²) in [5, 5.41) is -0.0248. The van der Waals surface area contributed by atoms with Crippen molar-refractivity contribution in [2.75, 3.05) is 12.8 Å². The van der Waals surface area contributed by atoms with Crippen molar-refractivity contribution in [3.05, 3.63) is 51.2 Å². The van der Waals surface area contributed by atoms with Crippen LogP contribution in [0.25, 0.3) is 0 Å². The predicted molar refractivity (Wildman–Crippen MR) is 81.4 cm³/mol. The zero-order valence-electron chi connectivity index (χ0n) is 10.8. The largest absolute Gasteiger partial charge is 0.465 e. The SMILES string of the molecule is COC(=O)c1ccc(Oc2cc(F)c(Cl)cc2Br)c(N)c1. The van der Waals surface area contributed by atoms with Gasteiger partial charge in [0.15, 0.2) is 0 Å². The van der Waals surface area contributed by atoms with Gasteiger partial charge in [0.1, 0.15) is 17.3 Å². The summed E-state index contributed by atoms with van der Waals surface area (Å²) in [6.45, 7) is 0. The summed E-state index contributed by atoms with van der Waals surface area (Å²) >= 11 is 8.88. The Kier molecular flexibility index (Phi) is 4.69. The van der Waals surface area contributed by atoms with Gasteiger partial charge in [-0.2, -0.15) is 0 Å². The van der Waals surface area contributed by atoms with Crippen molar-refractivity contribution in [3.63, 3.8) is 0 Å². The number of benzene rings is 2. The van der Waals surface area contributed by atoms with Gasteiger partial charge in [0.2, 0.25) is 0 Å². The average molecular weight is 375 g/mol. The monoisotopic (exact) mass is 373 g/mol. The highest BCUT2D eigenvalue weighted by molar-refractivity contribution is 9.10. The van der Waals surface area contributed by atoms with Gasteiger partial charge in [0.05, 0.1) is 27.9 Å². The molecule has 0 amide bonds. The Morgan fingerprint density at radius 3 is 2.62 bits per heavy atom. The maximum Gasteiger partial charge on any atom is 0.337 e. The Balaban J connectivity index is 2.32. The van der Waals surface area contributed by atoms with Crippen LogP contribution in [-0.4, -0.2) is 13.1 Å². The molecule has 4 nitrogen and oxygen atoms in total. The molecular weight excluding hydrogens is 365 g/mol. The van der Waals surface area contributed by atoms with E-state index in [2.05, 4.69) is 20.7 Å². The van der Waals surface area contributed by atoms with Crippen molar-refractivity contribution in [2.45, 2.75) is 0 Å². The normalized spacial score (nSPS) is 10.3. The first kappa shape index (κ1) is 15.6. The number of nitrogen functional groups attached to an aromatic ring is 1. The zero-order chi connectivity index (χ0) is 15.6. The van der Waals surface area contributed by atoms with Gasteiger partial charge in [-0.1, -0.05) is 11.6 Å². The molecule has 0 aliphatic rings. The van der Waals surface area contributed by atoms with Crippen LogP contribution in [0.4, 0.5) is 10.1 Å². The van der Waals surface area contributed by atoms with Crippen LogP contribution in [0.15, 0.2) is 34.8 Å². The first-order chi connectivity index (χ1) is 9.92. The number of rotatable bonds is 3. The van der Waals surface area contributed by atoms with E-state index in [1.807, 2.05) is 0 Å². The molecule has 0 fully saturated rings. The molecule has 0 bridgehead atoms. The van der Waals surface area contributed by atoms with Crippen LogP contribution in [0.2, 0.25) is 5.02 Å². The third-order valence-corrected chi connectivity index (χ3v) is 3.53. The molecule has 0 aliphatic heterocycles. The van der Waals surface area contributed by atoms with Crippen LogP contribution in [0.5, 0.6) is 11.5 Å². The summed E-state index contributed by atoms with van der Waals surface area (Å²) in [7, 11) is 1.27. The minimum absolute atomic E-state index is 0.0248. The number of hydrogen-bond donors (Lipinski definition) is 1. The number of ether oxygens (including phenoxy) is 2. The molecule has 2 aromatic rings. The number of carbonyl (C=O) groups is 1. The van der Waals surface area contributed by atoms with E-state index in [9.17, 15) is 9.18 Å². The van der Waals surface area contributed by atoms with Gasteiger partial charge in [0.25, 0.3) is 0 Å². The van der Waals surface area contributed by atoms with Crippen molar-refractivity contribution in [1.82, 2.24) is 0 Å². The van der Waals surface area contributed by atoms with E-state index in [1.165, 1.54) is 31.4 Å². The van der Waals surface area contributed by atoms with Gasteiger partial charge in [-0.3, -0.25) is 0 Å². The van der Waals surface area contributed by atoms with E-state index < -0.39 is 11.8 Å². The number of anilines is 1. The third-order valence-electron chi connectivity index (χ3n) is 2.63. The van der Waals surface area contributed by atoms with Crippen molar-refractivity contribution in [3.8, 4) is 11.5 Å². The van der Waals surface area contributed by atoms with Gasteiger partial charge in [-0.05, 0) is 40.2 Å². The van der Waals surface area contributed by atoms with Crippen molar-refractivity contribution < 1.29 is 18.7 Å². The van der Waals surface area contributed by atoms with Gasteiger partial charge in [0, 0.05) is 6.07 Å². The Morgan fingerprint density at radius 1 is 1.29 bits per heavy atom.